The first-order valence-electron chi connectivity index (χ1n) is 8.54. The second kappa shape index (κ2) is 7.45. The Hall–Kier alpha value is -1.72. The third-order valence-electron chi connectivity index (χ3n) is 5.11. The summed E-state index contributed by atoms with van der Waals surface area (Å²) in [6.45, 7) is 1.24. The van der Waals surface area contributed by atoms with E-state index in [1.165, 1.54) is 12.1 Å². The number of benzene rings is 1. The molecule has 1 heterocycles. The number of hydrogen-bond acceptors (Lipinski definition) is 3. The maximum Gasteiger partial charge on any atom is 0.227 e. The highest BCUT2D eigenvalue weighted by Crippen LogP contribution is 2.35. The Morgan fingerprint density at radius 2 is 1.96 bits per heavy atom. The summed E-state index contributed by atoms with van der Waals surface area (Å²) in [5, 5.41) is 12.3. The summed E-state index contributed by atoms with van der Waals surface area (Å²) in [7, 11) is 0. The minimum Gasteiger partial charge on any atom is -0.396 e. The second-order valence-corrected chi connectivity index (χ2v) is 6.84. The summed E-state index contributed by atoms with van der Waals surface area (Å²) >= 11 is 0. The Balaban J connectivity index is 1.71. The molecule has 1 saturated heterocycles. The maximum atomic E-state index is 13.1. The molecule has 2 atom stereocenters. The molecule has 0 radical (unpaired) electrons. The van der Waals surface area contributed by atoms with Crippen LogP contribution >= 0.6 is 0 Å². The summed E-state index contributed by atoms with van der Waals surface area (Å²) in [5.41, 5.74) is 0.449. The maximum absolute atomic E-state index is 13.1. The summed E-state index contributed by atoms with van der Waals surface area (Å²) < 4.78 is 18.6. The number of amides is 1. The van der Waals surface area contributed by atoms with Crippen molar-refractivity contribution in [2.45, 2.75) is 31.7 Å². The van der Waals surface area contributed by atoms with E-state index in [2.05, 4.69) is 5.32 Å². The highest BCUT2D eigenvalue weighted by molar-refractivity contribution is 5.83. The van der Waals surface area contributed by atoms with Crippen molar-refractivity contribution < 1.29 is 19.0 Å². The van der Waals surface area contributed by atoms with Gasteiger partial charge in [0.25, 0.3) is 0 Å². The highest BCUT2D eigenvalue weighted by atomic mass is 19.1. The molecule has 24 heavy (non-hydrogen) atoms. The molecule has 3 rings (SSSR count). The number of hydrogen-bond donors (Lipinski definition) is 2. The molecule has 0 spiro atoms. The van der Waals surface area contributed by atoms with Crippen LogP contribution in [0.4, 0.5) is 4.39 Å². The van der Waals surface area contributed by atoms with E-state index in [0.717, 1.165) is 12.0 Å². The number of carbonyl (C=O) groups is 1. The Kier molecular flexibility index (Phi) is 5.31. The van der Waals surface area contributed by atoms with Gasteiger partial charge in [-0.3, -0.25) is 4.79 Å². The zero-order valence-corrected chi connectivity index (χ0v) is 13.7. The van der Waals surface area contributed by atoms with Crippen molar-refractivity contribution >= 4 is 5.91 Å². The molecule has 2 N–H and O–H groups in total. The van der Waals surface area contributed by atoms with Gasteiger partial charge in [0.15, 0.2) is 0 Å². The fraction of sp³-hybridized carbons (Fsp3) is 0.526. The van der Waals surface area contributed by atoms with E-state index in [4.69, 9.17) is 4.74 Å². The Bertz CT molecular complexity index is 593. The largest absolute Gasteiger partial charge is 0.396 e. The number of aliphatic hydroxyl groups excluding tert-OH is 1. The van der Waals surface area contributed by atoms with E-state index in [1.807, 2.05) is 12.2 Å². The SMILES string of the molecule is O=C(N[C@@H]1C=C[C@H](CO)C1)C1(Cc2ccc(F)cc2)CCOCC1. The molecule has 2 aliphatic rings. The predicted molar refractivity (Wildman–Crippen MR) is 88.9 cm³/mol. The number of rotatable bonds is 5. The Morgan fingerprint density at radius 1 is 1.25 bits per heavy atom. The summed E-state index contributed by atoms with van der Waals surface area (Å²) in [6, 6.07) is 6.34. The molecule has 0 aromatic heterocycles. The third kappa shape index (κ3) is 3.84. The molecule has 1 aliphatic carbocycles. The zero-order chi connectivity index (χ0) is 17.0. The van der Waals surface area contributed by atoms with Crippen LogP contribution in [0.15, 0.2) is 36.4 Å². The molecule has 4 nitrogen and oxygen atoms in total. The predicted octanol–water partition coefficient (Wildman–Crippen LogP) is 2.22. The lowest BCUT2D eigenvalue weighted by atomic mass is 9.74. The van der Waals surface area contributed by atoms with Crippen LogP contribution in [0.3, 0.4) is 0 Å². The lowest BCUT2D eigenvalue weighted by molar-refractivity contribution is -0.137. The normalized spacial score (nSPS) is 25.6. The van der Waals surface area contributed by atoms with Crippen molar-refractivity contribution in [1.29, 1.82) is 0 Å². The molecule has 1 aromatic rings. The fourth-order valence-corrected chi connectivity index (χ4v) is 3.58. The van der Waals surface area contributed by atoms with Gasteiger partial charge in [-0.2, -0.15) is 0 Å². The van der Waals surface area contributed by atoms with E-state index in [1.54, 1.807) is 12.1 Å². The molecule has 1 fully saturated rings. The summed E-state index contributed by atoms with van der Waals surface area (Å²) in [5.74, 6) is -0.114. The number of carbonyl (C=O) groups excluding carboxylic acids is 1. The minimum absolute atomic E-state index is 0.0254. The zero-order valence-electron chi connectivity index (χ0n) is 13.7. The van der Waals surface area contributed by atoms with E-state index in [9.17, 15) is 14.3 Å². The van der Waals surface area contributed by atoms with Gasteiger partial charge < -0.3 is 15.2 Å². The van der Waals surface area contributed by atoms with Gasteiger partial charge in [-0.1, -0.05) is 24.3 Å². The molecule has 1 aliphatic heterocycles. The monoisotopic (exact) mass is 333 g/mol. The van der Waals surface area contributed by atoms with Crippen LogP contribution in [0.2, 0.25) is 0 Å². The quantitative estimate of drug-likeness (QED) is 0.813. The minimum atomic E-state index is -0.513. The number of aliphatic hydroxyl groups is 1. The topological polar surface area (TPSA) is 58.6 Å². The van der Waals surface area contributed by atoms with Crippen molar-refractivity contribution in [3.63, 3.8) is 0 Å². The number of halogens is 1. The average molecular weight is 333 g/mol. The number of nitrogens with one attached hydrogen (secondary N) is 1. The van der Waals surface area contributed by atoms with Gasteiger partial charge in [0.2, 0.25) is 5.91 Å². The first-order chi connectivity index (χ1) is 11.6. The second-order valence-electron chi connectivity index (χ2n) is 6.84. The molecule has 0 bridgehead atoms. The molecule has 1 aromatic carbocycles. The average Bonchev–Trinajstić information content (AvgIpc) is 3.05. The molecule has 5 heteroatoms. The third-order valence-corrected chi connectivity index (χ3v) is 5.11. The number of ether oxygens (including phenoxy) is 1. The van der Waals surface area contributed by atoms with Crippen LogP contribution in [0.25, 0.3) is 0 Å². The van der Waals surface area contributed by atoms with Crippen molar-refractivity contribution in [3.05, 3.63) is 47.8 Å². The van der Waals surface area contributed by atoms with Gasteiger partial charge in [0.05, 0.1) is 5.41 Å². The van der Waals surface area contributed by atoms with Crippen molar-refractivity contribution in [2.24, 2.45) is 11.3 Å². The smallest absolute Gasteiger partial charge is 0.227 e. The molecule has 1 amide bonds. The van der Waals surface area contributed by atoms with Crippen molar-refractivity contribution in [2.75, 3.05) is 19.8 Å². The van der Waals surface area contributed by atoms with Crippen LogP contribution in [0.5, 0.6) is 0 Å². The van der Waals surface area contributed by atoms with Crippen molar-refractivity contribution in [3.8, 4) is 0 Å². The van der Waals surface area contributed by atoms with Gasteiger partial charge in [-0.25, -0.2) is 4.39 Å². The van der Waals surface area contributed by atoms with E-state index < -0.39 is 5.41 Å². The van der Waals surface area contributed by atoms with Gasteiger partial charge in [0.1, 0.15) is 5.82 Å². The Labute approximate surface area is 141 Å². The first-order valence-corrected chi connectivity index (χ1v) is 8.54. The molecule has 0 saturated carbocycles. The molecule has 0 unspecified atom stereocenters. The lowest BCUT2D eigenvalue weighted by Crippen LogP contribution is -2.48. The van der Waals surface area contributed by atoms with Crippen LogP contribution in [-0.2, 0) is 16.0 Å². The van der Waals surface area contributed by atoms with Gasteiger partial charge in [-0.05, 0) is 43.4 Å². The standard InChI is InChI=1S/C19H24FNO3/c20-16-4-1-14(2-5-16)12-19(7-9-24-10-8-19)18(23)21-17-6-3-15(11-17)13-22/h1-6,15,17,22H,7-13H2,(H,21,23)/t15-,17+/m0/s1. The Morgan fingerprint density at radius 3 is 2.58 bits per heavy atom. The molecule has 130 valence electrons. The van der Waals surface area contributed by atoms with Gasteiger partial charge in [-0.15, -0.1) is 0 Å². The van der Waals surface area contributed by atoms with Crippen LogP contribution < -0.4 is 5.32 Å². The van der Waals surface area contributed by atoms with Gasteiger partial charge >= 0.3 is 0 Å². The van der Waals surface area contributed by atoms with Crippen LogP contribution in [-0.4, -0.2) is 36.9 Å². The summed E-state index contributed by atoms with van der Waals surface area (Å²) in [4.78, 5) is 13.0. The fourth-order valence-electron chi connectivity index (χ4n) is 3.58. The summed E-state index contributed by atoms with van der Waals surface area (Å²) in [6.07, 6.45) is 6.57. The van der Waals surface area contributed by atoms with Crippen LogP contribution in [0, 0.1) is 17.2 Å². The van der Waals surface area contributed by atoms with E-state index in [-0.39, 0.29) is 30.3 Å². The van der Waals surface area contributed by atoms with E-state index in [0.29, 0.717) is 32.5 Å². The molecular formula is C19H24FNO3. The van der Waals surface area contributed by atoms with Gasteiger partial charge in [0, 0.05) is 31.8 Å². The van der Waals surface area contributed by atoms with Crippen molar-refractivity contribution in [1.82, 2.24) is 5.32 Å². The van der Waals surface area contributed by atoms with Crippen LogP contribution in [0.1, 0.15) is 24.8 Å². The first kappa shape index (κ1) is 17.1. The van der Waals surface area contributed by atoms with E-state index >= 15 is 0 Å². The molecular weight excluding hydrogens is 309 g/mol. The lowest BCUT2D eigenvalue weighted by Gasteiger charge is -2.36. The highest BCUT2D eigenvalue weighted by Gasteiger charge is 2.41.